The lowest BCUT2D eigenvalue weighted by Crippen LogP contribution is -2.27. The van der Waals surface area contributed by atoms with Crippen LogP contribution in [-0.4, -0.2) is 48.3 Å². The highest BCUT2D eigenvalue weighted by molar-refractivity contribution is 7.09. The van der Waals surface area contributed by atoms with E-state index in [2.05, 4.69) is 46.6 Å². The van der Waals surface area contributed by atoms with Gasteiger partial charge in [0.1, 0.15) is 17.2 Å². The second-order valence-corrected chi connectivity index (χ2v) is 13.0. The lowest BCUT2D eigenvalue weighted by atomic mass is 10.1. The molecule has 5 heterocycles. The van der Waals surface area contributed by atoms with E-state index in [1.54, 1.807) is 80.0 Å². The first-order valence-electron chi connectivity index (χ1n) is 17.0. The van der Waals surface area contributed by atoms with Crippen molar-refractivity contribution in [3.8, 4) is 23.0 Å². The van der Waals surface area contributed by atoms with Crippen molar-refractivity contribution >= 4 is 23.2 Å². The highest BCUT2D eigenvalue weighted by Crippen LogP contribution is 2.14. The Balaban J connectivity index is 0.000000204. The first-order valence-corrected chi connectivity index (χ1v) is 17.9. The molecule has 0 radical (unpaired) electrons. The molecule has 53 heavy (non-hydrogen) atoms. The Kier molecular flexibility index (Phi) is 13.6. The second kappa shape index (κ2) is 18.9. The molecule has 0 bridgehead atoms. The third-order valence-corrected chi connectivity index (χ3v) is 9.11. The Labute approximate surface area is 309 Å². The quantitative estimate of drug-likeness (QED) is 0.128. The fourth-order valence-electron chi connectivity index (χ4n) is 5.33. The average Bonchev–Trinajstić information content (AvgIpc) is 3.68. The summed E-state index contributed by atoms with van der Waals surface area (Å²) in [6.07, 6.45) is 5.09. The summed E-state index contributed by atoms with van der Waals surface area (Å²) in [7, 11) is 0. The van der Waals surface area contributed by atoms with E-state index < -0.39 is 0 Å². The molecule has 0 fully saturated rings. The van der Waals surface area contributed by atoms with Crippen molar-refractivity contribution in [1.29, 1.82) is 0 Å². The van der Waals surface area contributed by atoms with Crippen molar-refractivity contribution in [2.75, 3.05) is 6.54 Å². The Morgan fingerprint density at radius 2 is 1.25 bits per heavy atom. The smallest absolute Gasteiger partial charge is 0.254 e. The zero-order valence-electron chi connectivity index (χ0n) is 29.3. The van der Waals surface area contributed by atoms with Crippen LogP contribution < -0.4 is 21.8 Å². The number of benzene rings is 1. The molecule has 0 aliphatic carbocycles. The molecule has 5 aromatic heterocycles. The predicted octanol–water partition coefficient (Wildman–Crippen LogP) is 5.02. The van der Waals surface area contributed by atoms with Crippen molar-refractivity contribution < 1.29 is 14.0 Å². The number of aryl methyl sites for hydroxylation is 2. The van der Waals surface area contributed by atoms with Gasteiger partial charge >= 0.3 is 0 Å². The van der Waals surface area contributed by atoms with E-state index in [9.17, 15) is 23.6 Å². The lowest BCUT2D eigenvalue weighted by molar-refractivity contribution is -0.121. The fraction of sp³-hybridized carbons (Fsp3) is 0.231. The van der Waals surface area contributed by atoms with E-state index in [0.29, 0.717) is 64.1 Å². The minimum Gasteiger partial charge on any atom is -0.356 e. The van der Waals surface area contributed by atoms with Crippen LogP contribution in [0.4, 0.5) is 4.39 Å². The molecule has 14 heteroatoms. The van der Waals surface area contributed by atoms with Crippen molar-refractivity contribution in [2.24, 2.45) is 0 Å². The van der Waals surface area contributed by atoms with Crippen LogP contribution in [-0.2, 0) is 35.4 Å². The monoisotopic (exact) mass is 734 g/mol. The molecule has 0 aliphatic rings. The molecule has 12 nitrogen and oxygen atoms in total. The number of H-pyrrole nitrogens is 2. The SMILES string of the molecule is Cc1nc(-c2ccccn2)[nH]c(=O)c1CCC(=O)NCCc1cccs1.Cc1nc(-c2ccccn2)[nH]c(=O)c1CCC(=O)NCc1ccccc1F. The molecular formula is C39H39FN8O4S. The van der Waals surface area contributed by atoms with Gasteiger partial charge in [-0.2, -0.15) is 0 Å². The molecule has 272 valence electrons. The van der Waals surface area contributed by atoms with Crippen LogP contribution in [0.25, 0.3) is 23.0 Å². The largest absolute Gasteiger partial charge is 0.356 e. The van der Waals surface area contributed by atoms with Crippen LogP contribution in [0.2, 0.25) is 0 Å². The maximum absolute atomic E-state index is 13.6. The van der Waals surface area contributed by atoms with Crippen LogP contribution >= 0.6 is 11.3 Å². The zero-order chi connectivity index (χ0) is 37.6. The van der Waals surface area contributed by atoms with Crippen LogP contribution in [0.3, 0.4) is 0 Å². The van der Waals surface area contributed by atoms with Gasteiger partial charge in [0.05, 0.1) is 0 Å². The standard InChI is InChI=1S/C20H19FN4O2.C19H20N4O2S/c1-13-15(20(27)25-19(24-13)17-8-4-5-11-22-17)9-10-18(26)23-12-14-6-2-3-7-16(14)21;1-13-15(7-8-17(24)21-11-9-14-5-4-12-26-14)19(25)23-18(22-13)16-6-2-3-10-20-16/h2-8,11H,9-10,12H2,1H3,(H,23,26)(H,24,25,27);2-6,10,12H,7-9,11H2,1H3,(H,21,24)(H,22,23,25). The van der Waals surface area contributed by atoms with Crippen LogP contribution in [0.15, 0.2) is 100 Å². The van der Waals surface area contributed by atoms with Gasteiger partial charge < -0.3 is 20.6 Å². The van der Waals surface area contributed by atoms with Gasteiger partial charge in [-0.25, -0.2) is 14.4 Å². The summed E-state index contributed by atoms with van der Waals surface area (Å²) in [5.74, 6) is 0.155. The van der Waals surface area contributed by atoms with Gasteiger partial charge in [0.15, 0.2) is 11.6 Å². The Morgan fingerprint density at radius 1 is 0.698 bits per heavy atom. The summed E-state index contributed by atoms with van der Waals surface area (Å²) in [4.78, 5) is 72.7. The highest BCUT2D eigenvalue weighted by atomic mass is 32.1. The molecular weight excluding hydrogens is 696 g/mol. The molecule has 0 spiro atoms. The molecule has 0 atom stereocenters. The Bertz CT molecular complexity index is 2240. The number of carbonyl (C=O) groups excluding carboxylic acids is 2. The van der Waals surface area contributed by atoms with Crippen molar-refractivity contribution in [3.05, 3.63) is 150 Å². The minimum absolute atomic E-state index is 0.0610. The number of amides is 2. The number of nitrogens with one attached hydrogen (secondary N) is 4. The predicted molar refractivity (Wildman–Crippen MR) is 202 cm³/mol. The number of pyridine rings is 2. The van der Waals surface area contributed by atoms with Crippen molar-refractivity contribution in [2.45, 2.75) is 52.5 Å². The molecule has 0 unspecified atom stereocenters. The molecule has 6 aromatic rings. The number of aromatic amines is 2. The van der Waals surface area contributed by atoms with E-state index in [1.807, 2.05) is 23.6 Å². The van der Waals surface area contributed by atoms with Gasteiger partial charge in [-0.15, -0.1) is 11.3 Å². The van der Waals surface area contributed by atoms with Crippen LogP contribution in [0, 0.1) is 19.7 Å². The van der Waals surface area contributed by atoms with Gasteiger partial charge in [-0.1, -0.05) is 36.4 Å². The number of hydrogen-bond donors (Lipinski definition) is 4. The molecule has 0 saturated carbocycles. The zero-order valence-corrected chi connectivity index (χ0v) is 30.1. The molecule has 1 aromatic carbocycles. The molecule has 0 saturated heterocycles. The summed E-state index contributed by atoms with van der Waals surface area (Å²) in [6.45, 7) is 4.23. The van der Waals surface area contributed by atoms with Crippen LogP contribution in [0.1, 0.15) is 45.8 Å². The first-order chi connectivity index (χ1) is 25.7. The summed E-state index contributed by atoms with van der Waals surface area (Å²) in [6, 6.07) is 21.1. The van der Waals surface area contributed by atoms with E-state index in [4.69, 9.17) is 0 Å². The lowest BCUT2D eigenvalue weighted by Gasteiger charge is -2.08. The maximum atomic E-state index is 13.6. The fourth-order valence-corrected chi connectivity index (χ4v) is 6.04. The Hall–Kier alpha value is -6.15. The van der Waals surface area contributed by atoms with Crippen molar-refractivity contribution in [3.63, 3.8) is 0 Å². The summed E-state index contributed by atoms with van der Waals surface area (Å²) in [5, 5.41) is 7.58. The van der Waals surface area contributed by atoms with Gasteiger partial charge in [0, 0.05) is 71.3 Å². The van der Waals surface area contributed by atoms with Gasteiger partial charge in [0.25, 0.3) is 11.1 Å². The molecule has 2 amide bonds. The van der Waals surface area contributed by atoms with Gasteiger partial charge in [-0.05, 0) is 74.9 Å². The van der Waals surface area contributed by atoms with E-state index in [0.717, 1.165) is 6.42 Å². The number of aromatic nitrogens is 6. The first kappa shape index (κ1) is 38.1. The van der Waals surface area contributed by atoms with E-state index in [-0.39, 0.29) is 54.6 Å². The van der Waals surface area contributed by atoms with Crippen molar-refractivity contribution in [1.82, 2.24) is 40.5 Å². The van der Waals surface area contributed by atoms with Crippen LogP contribution in [0.5, 0.6) is 0 Å². The van der Waals surface area contributed by atoms with E-state index in [1.165, 1.54) is 10.9 Å². The van der Waals surface area contributed by atoms with E-state index >= 15 is 0 Å². The third-order valence-electron chi connectivity index (χ3n) is 8.17. The average molecular weight is 735 g/mol. The number of nitrogens with zero attached hydrogens (tertiary/aromatic N) is 4. The number of hydrogen-bond acceptors (Lipinski definition) is 9. The summed E-state index contributed by atoms with van der Waals surface area (Å²) in [5.41, 5.74) is 3.28. The molecule has 0 aliphatic heterocycles. The summed E-state index contributed by atoms with van der Waals surface area (Å²) >= 11 is 1.68. The number of thiophene rings is 1. The topological polar surface area (TPSA) is 175 Å². The summed E-state index contributed by atoms with van der Waals surface area (Å²) < 4.78 is 13.6. The number of carbonyl (C=O) groups is 2. The molecule has 6 rings (SSSR count). The minimum atomic E-state index is -0.362. The molecule has 4 N–H and O–H groups in total. The second-order valence-electron chi connectivity index (χ2n) is 11.9. The normalized spacial score (nSPS) is 10.6. The Morgan fingerprint density at radius 3 is 1.74 bits per heavy atom. The van der Waals surface area contributed by atoms with Gasteiger partial charge in [-0.3, -0.25) is 29.1 Å². The number of halogens is 1. The van der Waals surface area contributed by atoms with Gasteiger partial charge in [0.2, 0.25) is 11.8 Å². The third kappa shape index (κ3) is 11.2. The maximum Gasteiger partial charge on any atom is 0.254 e. The number of rotatable bonds is 13. The highest BCUT2D eigenvalue weighted by Gasteiger charge is 2.14.